The molecule has 140 valence electrons. The number of halogens is 1. The Bertz CT molecular complexity index is 990. The fraction of sp³-hybridized carbons (Fsp3) is 0.211. The van der Waals surface area contributed by atoms with Crippen LogP contribution in [0.25, 0.3) is 10.9 Å². The van der Waals surface area contributed by atoms with Crippen LogP contribution in [0.15, 0.2) is 53.3 Å². The molecule has 7 nitrogen and oxygen atoms in total. The van der Waals surface area contributed by atoms with E-state index in [2.05, 4.69) is 15.3 Å². The number of fused-ring (bicyclic) bond motifs is 1. The summed E-state index contributed by atoms with van der Waals surface area (Å²) < 4.78 is 23.9. The van der Waals surface area contributed by atoms with Crippen LogP contribution in [0.2, 0.25) is 0 Å². The summed E-state index contributed by atoms with van der Waals surface area (Å²) >= 11 is 0. The van der Waals surface area contributed by atoms with Gasteiger partial charge in [-0.1, -0.05) is 24.3 Å². The van der Waals surface area contributed by atoms with E-state index in [0.717, 1.165) is 0 Å². The van der Waals surface area contributed by atoms with Crippen LogP contribution < -0.4 is 15.6 Å². The van der Waals surface area contributed by atoms with Gasteiger partial charge < -0.3 is 19.8 Å². The average Bonchev–Trinajstić information content (AvgIpc) is 2.67. The molecule has 27 heavy (non-hydrogen) atoms. The van der Waals surface area contributed by atoms with Crippen molar-refractivity contribution >= 4 is 16.8 Å². The Morgan fingerprint density at radius 1 is 1.15 bits per heavy atom. The second kappa shape index (κ2) is 8.91. The number of para-hydroxylation sites is 2. The van der Waals surface area contributed by atoms with Gasteiger partial charge in [-0.2, -0.15) is 0 Å². The number of hydrogen-bond donors (Lipinski definition) is 2. The van der Waals surface area contributed by atoms with Gasteiger partial charge in [0.1, 0.15) is 25.6 Å². The van der Waals surface area contributed by atoms with Gasteiger partial charge in [-0.15, -0.1) is 0 Å². The maximum atomic E-state index is 13.4. The molecule has 0 aliphatic heterocycles. The number of aromatic nitrogens is 2. The molecule has 0 radical (unpaired) electrons. The van der Waals surface area contributed by atoms with E-state index in [1.165, 1.54) is 12.1 Å². The highest BCUT2D eigenvalue weighted by molar-refractivity contribution is 5.77. The third-order valence-corrected chi connectivity index (χ3v) is 3.65. The summed E-state index contributed by atoms with van der Waals surface area (Å²) in [4.78, 5) is 30.6. The van der Waals surface area contributed by atoms with Crippen molar-refractivity contribution in [2.75, 3.05) is 19.8 Å². The number of nitrogens with zero attached hydrogens (tertiary/aromatic N) is 1. The third kappa shape index (κ3) is 5.11. The van der Waals surface area contributed by atoms with Crippen LogP contribution in [0.1, 0.15) is 5.82 Å². The van der Waals surface area contributed by atoms with Crippen LogP contribution in [-0.4, -0.2) is 35.6 Å². The molecule has 1 amide bonds. The molecule has 0 atom stereocenters. The van der Waals surface area contributed by atoms with Crippen molar-refractivity contribution < 1.29 is 18.7 Å². The number of carbonyl (C=O) groups is 1. The molecule has 1 heterocycles. The van der Waals surface area contributed by atoms with Crippen molar-refractivity contribution in [2.45, 2.75) is 6.61 Å². The predicted molar refractivity (Wildman–Crippen MR) is 96.9 cm³/mol. The van der Waals surface area contributed by atoms with Crippen LogP contribution >= 0.6 is 0 Å². The lowest BCUT2D eigenvalue weighted by Crippen LogP contribution is -2.31. The smallest absolute Gasteiger partial charge is 0.258 e. The van der Waals surface area contributed by atoms with Crippen LogP contribution in [0, 0.1) is 5.82 Å². The number of hydrogen-bond acceptors (Lipinski definition) is 5. The number of rotatable bonds is 8. The molecule has 3 aromatic rings. The SMILES string of the molecule is O=C(COCc1nc2ccccc2c(=O)[nH]1)NCCOc1ccccc1F. The Balaban J connectivity index is 1.40. The summed E-state index contributed by atoms with van der Waals surface area (Å²) in [6.07, 6.45) is 0. The van der Waals surface area contributed by atoms with Gasteiger partial charge >= 0.3 is 0 Å². The lowest BCUT2D eigenvalue weighted by Gasteiger charge is -2.09. The largest absolute Gasteiger partial charge is 0.489 e. The normalized spacial score (nSPS) is 10.7. The Hall–Kier alpha value is -3.26. The topological polar surface area (TPSA) is 93.3 Å². The number of nitrogens with one attached hydrogen (secondary N) is 2. The highest BCUT2D eigenvalue weighted by atomic mass is 19.1. The molecule has 0 saturated carbocycles. The number of benzene rings is 2. The molecule has 0 aliphatic rings. The van der Waals surface area contributed by atoms with Crippen molar-refractivity contribution in [3.63, 3.8) is 0 Å². The zero-order valence-corrected chi connectivity index (χ0v) is 14.4. The summed E-state index contributed by atoms with van der Waals surface area (Å²) in [5.41, 5.74) is 0.309. The van der Waals surface area contributed by atoms with Gasteiger partial charge in [-0.05, 0) is 24.3 Å². The van der Waals surface area contributed by atoms with E-state index in [4.69, 9.17) is 9.47 Å². The Morgan fingerprint density at radius 2 is 1.93 bits per heavy atom. The average molecular weight is 371 g/mol. The lowest BCUT2D eigenvalue weighted by molar-refractivity contribution is -0.126. The first-order valence-electron chi connectivity index (χ1n) is 8.33. The van der Waals surface area contributed by atoms with Gasteiger partial charge in [0.15, 0.2) is 11.6 Å². The Labute approximate surface area is 154 Å². The highest BCUT2D eigenvalue weighted by Gasteiger charge is 2.06. The molecule has 0 bridgehead atoms. The van der Waals surface area contributed by atoms with Gasteiger partial charge in [-0.3, -0.25) is 9.59 Å². The molecule has 0 fully saturated rings. The monoisotopic (exact) mass is 371 g/mol. The molecule has 0 aliphatic carbocycles. The molecule has 0 saturated heterocycles. The first-order valence-corrected chi connectivity index (χ1v) is 8.33. The minimum Gasteiger partial charge on any atom is -0.489 e. The van der Waals surface area contributed by atoms with Crippen molar-refractivity contribution in [3.05, 3.63) is 70.5 Å². The number of ether oxygens (including phenoxy) is 2. The highest BCUT2D eigenvalue weighted by Crippen LogP contribution is 2.14. The second-order valence-electron chi connectivity index (χ2n) is 5.65. The van der Waals surface area contributed by atoms with E-state index in [1.54, 1.807) is 36.4 Å². The summed E-state index contributed by atoms with van der Waals surface area (Å²) in [7, 11) is 0. The molecule has 0 unspecified atom stereocenters. The number of amides is 1. The summed E-state index contributed by atoms with van der Waals surface area (Å²) in [5.74, 6) is -0.331. The zero-order valence-electron chi connectivity index (χ0n) is 14.4. The molecular formula is C19H18FN3O4. The van der Waals surface area contributed by atoms with Crippen LogP contribution in [0.5, 0.6) is 5.75 Å². The Morgan fingerprint density at radius 3 is 2.78 bits per heavy atom. The minimum atomic E-state index is -0.455. The maximum Gasteiger partial charge on any atom is 0.258 e. The summed E-state index contributed by atoms with van der Waals surface area (Å²) in [5, 5.41) is 3.09. The number of aromatic amines is 1. The van der Waals surface area contributed by atoms with Gasteiger partial charge in [0.2, 0.25) is 5.91 Å². The minimum absolute atomic E-state index is 0.000773. The van der Waals surface area contributed by atoms with Crippen LogP contribution in [0.4, 0.5) is 4.39 Å². The van der Waals surface area contributed by atoms with E-state index >= 15 is 0 Å². The van der Waals surface area contributed by atoms with Crippen molar-refractivity contribution in [3.8, 4) is 5.75 Å². The third-order valence-electron chi connectivity index (χ3n) is 3.65. The van der Waals surface area contributed by atoms with Gasteiger partial charge in [-0.25, -0.2) is 9.37 Å². The van der Waals surface area contributed by atoms with Gasteiger partial charge in [0, 0.05) is 0 Å². The van der Waals surface area contributed by atoms with E-state index in [9.17, 15) is 14.0 Å². The fourth-order valence-electron chi connectivity index (χ4n) is 2.41. The standard InChI is InChI=1S/C19H18FN3O4/c20-14-6-2-4-8-16(14)27-10-9-21-18(24)12-26-11-17-22-15-7-3-1-5-13(15)19(25)23-17/h1-8H,9-12H2,(H,21,24)(H,22,23,25). The van der Waals surface area contributed by atoms with Crippen LogP contribution in [-0.2, 0) is 16.1 Å². The van der Waals surface area contributed by atoms with Crippen molar-refractivity contribution in [1.82, 2.24) is 15.3 Å². The van der Waals surface area contributed by atoms with E-state index in [1.807, 2.05) is 0 Å². The second-order valence-corrected chi connectivity index (χ2v) is 5.65. The van der Waals surface area contributed by atoms with E-state index in [-0.39, 0.29) is 43.6 Å². The fourth-order valence-corrected chi connectivity index (χ4v) is 2.41. The number of H-pyrrole nitrogens is 1. The van der Waals surface area contributed by atoms with E-state index in [0.29, 0.717) is 16.7 Å². The van der Waals surface area contributed by atoms with Gasteiger partial charge in [0.05, 0.1) is 17.4 Å². The quantitative estimate of drug-likeness (QED) is 0.589. The zero-order chi connectivity index (χ0) is 19.1. The first kappa shape index (κ1) is 18.5. The molecule has 8 heteroatoms. The van der Waals surface area contributed by atoms with Gasteiger partial charge in [0.25, 0.3) is 5.56 Å². The van der Waals surface area contributed by atoms with Crippen LogP contribution in [0.3, 0.4) is 0 Å². The summed E-state index contributed by atoms with van der Waals surface area (Å²) in [6, 6.07) is 13.0. The summed E-state index contributed by atoms with van der Waals surface area (Å²) in [6.45, 7) is 0.142. The molecule has 1 aromatic heterocycles. The molecule has 0 spiro atoms. The van der Waals surface area contributed by atoms with Crippen molar-refractivity contribution in [2.24, 2.45) is 0 Å². The molecule has 2 aromatic carbocycles. The lowest BCUT2D eigenvalue weighted by atomic mass is 10.2. The molecular weight excluding hydrogens is 353 g/mol. The molecule has 3 rings (SSSR count). The first-order chi connectivity index (χ1) is 13.1. The predicted octanol–water partition coefficient (Wildman–Crippen LogP) is 1.77. The van der Waals surface area contributed by atoms with E-state index < -0.39 is 5.82 Å². The molecule has 2 N–H and O–H groups in total. The number of carbonyl (C=O) groups excluding carboxylic acids is 1. The van der Waals surface area contributed by atoms with Crippen molar-refractivity contribution in [1.29, 1.82) is 0 Å². The Kier molecular flexibility index (Phi) is 6.11. The maximum absolute atomic E-state index is 13.4.